The van der Waals surface area contributed by atoms with Gasteiger partial charge in [-0.3, -0.25) is 9.89 Å². The van der Waals surface area contributed by atoms with Crippen molar-refractivity contribution < 1.29 is 4.74 Å². The number of nitrogens with one attached hydrogen (secondary N) is 1. The Hall–Kier alpha value is -2.34. The van der Waals surface area contributed by atoms with E-state index in [2.05, 4.69) is 10.1 Å². The molecule has 3 rings (SSSR count). The first-order valence-electron chi connectivity index (χ1n) is 6.07. The fraction of sp³-hybridized carbons (Fsp3) is 0.143. The number of nitrogens with zero attached hydrogens (tertiary/aromatic N) is 2. The van der Waals surface area contributed by atoms with Crippen LogP contribution in [0.3, 0.4) is 0 Å². The molecule has 0 radical (unpaired) electrons. The summed E-state index contributed by atoms with van der Waals surface area (Å²) in [4.78, 5) is 16.3. The highest BCUT2D eigenvalue weighted by molar-refractivity contribution is 7.12. The second kappa shape index (κ2) is 4.97. The summed E-state index contributed by atoms with van der Waals surface area (Å²) in [6, 6.07) is 9.22. The Bertz CT molecular complexity index is 801. The quantitative estimate of drug-likeness (QED) is 0.805. The summed E-state index contributed by atoms with van der Waals surface area (Å²) in [6.07, 6.45) is 0. The summed E-state index contributed by atoms with van der Waals surface area (Å²) < 4.78 is 6.77. The van der Waals surface area contributed by atoms with Crippen molar-refractivity contribution in [2.75, 3.05) is 7.11 Å². The SMILES string of the molecule is COc1ccccc1-c1csc(-n2[nH]c(C)cc2=O)n1. The Morgan fingerprint density at radius 2 is 2.15 bits per heavy atom. The van der Waals surface area contributed by atoms with Crippen molar-refractivity contribution in [3.8, 4) is 22.1 Å². The van der Waals surface area contributed by atoms with E-state index in [1.165, 1.54) is 16.0 Å². The van der Waals surface area contributed by atoms with E-state index < -0.39 is 0 Å². The first kappa shape index (κ1) is 12.7. The van der Waals surface area contributed by atoms with Crippen molar-refractivity contribution in [1.82, 2.24) is 14.8 Å². The Morgan fingerprint density at radius 1 is 1.35 bits per heavy atom. The lowest BCUT2D eigenvalue weighted by Crippen LogP contribution is -2.13. The van der Waals surface area contributed by atoms with Gasteiger partial charge < -0.3 is 4.74 Å². The molecule has 20 heavy (non-hydrogen) atoms. The Morgan fingerprint density at radius 3 is 2.85 bits per heavy atom. The zero-order valence-electron chi connectivity index (χ0n) is 11.1. The third-order valence-corrected chi connectivity index (χ3v) is 3.74. The third kappa shape index (κ3) is 2.14. The maximum Gasteiger partial charge on any atom is 0.273 e. The summed E-state index contributed by atoms with van der Waals surface area (Å²) in [7, 11) is 1.63. The highest BCUT2D eigenvalue weighted by Crippen LogP contribution is 2.30. The fourth-order valence-electron chi connectivity index (χ4n) is 2.00. The molecule has 0 amide bonds. The van der Waals surface area contributed by atoms with E-state index in [1.54, 1.807) is 13.2 Å². The van der Waals surface area contributed by atoms with Gasteiger partial charge in [0.2, 0.25) is 5.13 Å². The molecule has 1 aromatic carbocycles. The average Bonchev–Trinajstić information content (AvgIpc) is 3.05. The van der Waals surface area contributed by atoms with Crippen LogP contribution in [-0.4, -0.2) is 21.9 Å². The van der Waals surface area contributed by atoms with Crippen LogP contribution in [0.25, 0.3) is 16.4 Å². The molecular formula is C14H13N3O2S. The number of methoxy groups -OCH3 is 1. The van der Waals surface area contributed by atoms with Crippen molar-refractivity contribution in [1.29, 1.82) is 0 Å². The highest BCUT2D eigenvalue weighted by Gasteiger charge is 2.12. The molecule has 2 aromatic heterocycles. The minimum Gasteiger partial charge on any atom is -0.496 e. The van der Waals surface area contributed by atoms with Crippen LogP contribution in [-0.2, 0) is 0 Å². The lowest BCUT2D eigenvalue weighted by atomic mass is 10.1. The third-order valence-electron chi connectivity index (χ3n) is 2.91. The van der Waals surface area contributed by atoms with Crippen LogP contribution in [0.5, 0.6) is 5.75 Å². The average molecular weight is 287 g/mol. The second-order valence-electron chi connectivity index (χ2n) is 4.33. The zero-order valence-corrected chi connectivity index (χ0v) is 11.9. The molecular weight excluding hydrogens is 274 g/mol. The van der Waals surface area contributed by atoms with Gasteiger partial charge in [-0.2, -0.15) is 4.68 Å². The number of hydrogen-bond acceptors (Lipinski definition) is 4. The van der Waals surface area contributed by atoms with Gasteiger partial charge in [-0.25, -0.2) is 4.98 Å². The van der Waals surface area contributed by atoms with Crippen molar-refractivity contribution in [3.05, 3.63) is 51.8 Å². The first-order valence-corrected chi connectivity index (χ1v) is 6.95. The number of para-hydroxylation sites is 1. The van der Waals surface area contributed by atoms with E-state index in [1.807, 2.05) is 36.6 Å². The van der Waals surface area contributed by atoms with Gasteiger partial charge in [-0.15, -0.1) is 11.3 Å². The number of thiazole rings is 1. The molecule has 5 nitrogen and oxygen atoms in total. The summed E-state index contributed by atoms with van der Waals surface area (Å²) in [5.74, 6) is 0.763. The first-order chi connectivity index (χ1) is 9.69. The normalized spacial score (nSPS) is 10.7. The van der Waals surface area contributed by atoms with Crippen molar-refractivity contribution in [3.63, 3.8) is 0 Å². The molecule has 0 aliphatic rings. The fourth-order valence-corrected chi connectivity index (χ4v) is 2.79. The van der Waals surface area contributed by atoms with Crippen LogP contribution in [0.1, 0.15) is 5.69 Å². The highest BCUT2D eigenvalue weighted by atomic mass is 32.1. The van der Waals surface area contributed by atoms with E-state index in [0.29, 0.717) is 5.13 Å². The van der Waals surface area contributed by atoms with E-state index in [9.17, 15) is 4.79 Å². The number of hydrogen-bond donors (Lipinski definition) is 1. The molecule has 0 saturated heterocycles. The van der Waals surface area contributed by atoms with Gasteiger partial charge >= 0.3 is 0 Å². The number of rotatable bonds is 3. The maximum absolute atomic E-state index is 11.8. The molecule has 2 heterocycles. The van der Waals surface area contributed by atoms with E-state index in [-0.39, 0.29) is 5.56 Å². The van der Waals surface area contributed by atoms with Gasteiger partial charge in [-0.05, 0) is 19.1 Å². The van der Waals surface area contributed by atoms with Crippen molar-refractivity contribution in [2.24, 2.45) is 0 Å². The molecule has 0 atom stereocenters. The minimum atomic E-state index is -0.108. The van der Waals surface area contributed by atoms with Gasteiger partial charge in [0.1, 0.15) is 5.75 Å². The number of aromatic nitrogens is 3. The van der Waals surface area contributed by atoms with Gasteiger partial charge in [0.15, 0.2) is 0 Å². The molecule has 0 bridgehead atoms. The standard InChI is InChI=1S/C14H13N3O2S/c1-9-7-13(18)17(16-9)14-15-11(8-20-14)10-5-3-4-6-12(10)19-2/h3-8,16H,1-2H3. The van der Waals surface area contributed by atoms with E-state index in [0.717, 1.165) is 22.7 Å². The van der Waals surface area contributed by atoms with Gasteiger partial charge in [0.05, 0.1) is 12.8 Å². The molecule has 0 fully saturated rings. The summed E-state index contributed by atoms with van der Waals surface area (Å²) in [6.45, 7) is 1.84. The monoisotopic (exact) mass is 287 g/mol. The molecule has 0 unspecified atom stereocenters. The Kier molecular flexibility index (Phi) is 3.15. The summed E-state index contributed by atoms with van der Waals surface area (Å²) in [5, 5.41) is 5.50. The smallest absolute Gasteiger partial charge is 0.273 e. The molecule has 102 valence electrons. The van der Waals surface area contributed by atoms with Gasteiger partial charge in [-0.1, -0.05) is 12.1 Å². The molecule has 1 N–H and O–H groups in total. The van der Waals surface area contributed by atoms with E-state index in [4.69, 9.17) is 4.74 Å². The summed E-state index contributed by atoms with van der Waals surface area (Å²) in [5.41, 5.74) is 2.41. The van der Waals surface area contributed by atoms with Crippen LogP contribution in [0.2, 0.25) is 0 Å². The van der Waals surface area contributed by atoms with Crippen molar-refractivity contribution in [2.45, 2.75) is 6.92 Å². The second-order valence-corrected chi connectivity index (χ2v) is 5.16. The number of aromatic amines is 1. The number of aryl methyl sites for hydroxylation is 1. The van der Waals surface area contributed by atoms with E-state index >= 15 is 0 Å². The lowest BCUT2D eigenvalue weighted by molar-refractivity contribution is 0.416. The van der Waals surface area contributed by atoms with Crippen LogP contribution in [0.4, 0.5) is 0 Å². The molecule has 6 heteroatoms. The maximum atomic E-state index is 11.8. The molecule has 0 aliphatic carbocycles. The number of ether oxygens (including phenoxy) is 1. The van der Waals surface area contributed by atoms with Gasteiger partial charge in [0, 0.05) is 22.7 Å². The summed E-state index contributed by atoms with van der Waals surface area (Å²) >= 11 is 1.41. The Labute approximate surface area is 119 Å². The zero-order chi connectivity index (χ0) is 14.1. The Balaban J connectivity index is 2.06. The van der Waals surface area contributed by atoms with Crippen LogP contribution in [0, 0.1) is 6.92 Å². The molecule has 3 aromatic rings. The predicted octanol–water partition coefficient (Wildman–Crippen LogP) is 2.61. The van der Waals surface area contributed by atoms with Crippen LogP contribution in [0.15, 0.2) is 40.5 Å². The van der Waals surface area contributed by atoms with Crippen LogP contribution >= 0.6 is 11.3 Å². The predicted molar refractivity (Wildman–Crippen MR) is 78.8 cm³/mol. The topological polar surface area (TPSA) is 59.9 Å². The molecule has 0 aliphatic heterocycles. The minimum absolute atomic E-state index is 0.108. The molecule has 0 saturated carbocycles. The van der Waals surface area contributed by atoms with Crippen LogP contribution < -0.4 is 10.3 Å². The lowest BCUT2D eigenvalue weighted by Gasteiger charge is -2.04. The number of H-pyrrole nitrogens is 1. The largest absolute Gasteiger partial charge is 0.496 e. The molecule has 0 spiro atoms. The van der Waals surface area contributed by atoms with Crippen molar-refractivity contribution >= 4 is 11.3 Å². The van der Waals surface area contributed by atoms with Gasteiger partial charge in [0.25, 0.3) is 5.56 Å². The number of benzene rings is 1.